The molecular weight excluding hydrogens is 476 g/mol. The van der Waals surface area contributed by atoms with Crippen LogP contribution >= 0.6 is 12.4 Å². The number of Topliss-reactive ketones (excluding diaryl/α,β-unsaturated/α-hetero) is 2. The van der Waals surface area contributed by atoms with Gasteiger partial charge >= 0.3 is 0 Å². The van der Waals surface area contributed by atoms with Crippen LogP contribution in [0.1, 0.15) is 91.4 Å². The first-order valence-corrected chi connectivity index (χ1v) is 13.9. The maximum absolute atomic E-state index is 13.8. The van der Waals surface area contributed by atoms with Crippen molar-refractivity contribution in [2.24, 2.45) is 40.2 Å². The van der Waals surface area contributed by atoms with Crippen LogP contribution in [0.25, 0.3) is 0 Å². The van der Waals surface area contributed by atoms with Crippen LogP contribution in [0.4, 0.5) is 0 Å². The Kier molecular flexibility index (Phi) is 9.16. The summed E-state index contributed by atoms with van der Waals surface area (Å²) in [5, 5.41) is 10.9. The molecule has 0 aromatic carbocycles. The van der Waals surface area contributed by atoms with Gasteiger partial charge in [-0.2, -0.15) is 0 Å². The number of likely N-dealkylation sites (tertiary alicyclic amines) is 1. The highest BCUT2D eigenvalue weighted by atomic mass is 35.5. The van der Waals surface area contributed by atoms with Gasteiger partial charge in [0.1, 0.15) is 6.10 Å². The topological polar surface area (TPSA) is 101 Å². The van der Waals surface area contributed by atoms with Gasteiger partial charge in [0.05, 0.1) is 12.1 Å². The summed E-state index contributed by atoms with van der Waals surface area (Å²) in [6, 6.07) is -1.08. The van der Waals surface area contributed by atoms with Gasteiger partial charge in [-0.15, -0.1) is 19.0 Å². The number of nitrogens with two attached hydrogens (primary N) is 1. The molecule has 4 fully saturated rings. The molecule has 1 heterocycles. The lowest BCUT2D eigenvalue weighted by molar-refractivity contribution is -0.144. The Labute approximate surface area is 223 Å². The van der Waals surface area contributed by atoms with E-state index >= 15 is 0 Å². The Morgan fingerprint density at radius 1 is 1.14 bits per heavy atom. The lowest BCUT2D eigenvalue weighted by Crippen LogP contribution is -2.57. The highest BCUT2D eigenvalue weighted by molar-refractivity contribution is 5.93. The number of aliphatic hydroxyl groups is 1. The van der Waals surface area contributed by atoms with E-state index in [2.05, 4.69) is 27.4 Å². The lowest BCUT2D eigenvalue weighted by atomic mass is 9.70. The number of fused-ring (bicyclic) bond motifs is 1. The molecule has 36 heavy (non-hydrogen) atoms. The summed E-state index contributed by atoms with van der Waals surface area (Å²) < 4.78 is 0. The van der Waals surface area contributed by atoms with E-state index in [0.717, 1.165) is 38.5 Å². The third-order valence-electron chi connectivity index (χ3n) is 10.0. The van der Waals surface area contributed by atoms with E-state index in [1.165, 1.54) is 6.42 Å². The van der Waals surface area contributed by atoms with Gasteiger partial charge in [0.2, 0.25) is 5.91 Å². The highest BCUT2D eigenvalue weighted by Crippen LogP contribution is 2.65. The normalized spacial score (nSPS) is 30.4. The van der Waals surface area contributed by atoms with Crippen molar-refractivity contribution in [3.05, 3.63) is 12.7 Å². The van der Waals surface area contributed by atoms with Crippen LogP contribution in [0.5, 0.6) is 0 Å². The van der Waals surface area contributed by atoms with E-state index in [9.17, 15) is 19.5 Å². The number of hydrogen-bond acceptors (Lipinski definition) is 5. The molecule has 0 spiro atoms. The Hall–Kier alpha value is -1.24. The number of amides is 1. The van der Waals surface area contributed by atoms with Gasteiger partial charge in [-0.3, -0.25) is 14.4 Å². The summed E-state index contributed by atoms with van der Waals surface area (Å²) in [5.41, 5.74) is 6.42. The van der Waals surface area contributed by atoms with E-state index < -0.39 is 18.2 Å². The Morgan fingerprint density at radius 3 is 2.36 bits per heavy atom. The minimum atomic E-state index is -1.13. The van der Waals surface area contributed by atoms with Crippen LogP contribution in [0.15, 0.2) is 12.7 Å². The number of nitrogens with zero attached hydrogens (tertiary/aromatic N) is 1. The summed E-state index contributed by atoms with van der Waals surface area (Å²) in [7, 11) is 0. The molecule has 3 saturated carbocycles. The molecule has 0 aromatic heterocycles. The predicted octanol–water partition coefficient (Wildman–Crippen LogP) is 4.46. The van der Waals surface area contributed by atoms with Crippen molar-refractivity contribution < 1.29 is 19.5 Å². The number of halogens is 1. The molecule has 1 amide bonds. The van der Waals surface area contributed by atoms with E-state index in [-0.39, 0.29) is 65.4 Å². The van der Waals surface area contributed by atoms with Crippen molar-refractivity contribution in [1.82, 2.24) is 4.90 Å². The zero-order valence-electron chi connectivity index (χ0n) is 22.4. The average molecular weight is 523 g/mol. The van der Waals surface area contributed by atoms with Gasteiger partial charge in [-0.05, 0) is 60.2 Å². The van der Waals surface area contributed by atoms with Gasteiger partial charge in [-0.25, -0.2) is 0 Å². The van der Waals surface area contributed by atoms with Gasteiger partial charge in [0.25, 0.3) is 0 Å². The summed E-state index contributed by atoms with van der Waals surface area (Å²) in [5.74, 6) is 0.263. The SMILES string of the molecule is C=CCCC(=O)C(O)[C@@H](CC(=O)[C@@H]1[C@@H]2[C@H](CN1C(=O)[C@@H](N)C1(C)CCCCC1)C2(C)C)CC1CC1.Cl. The summed E-state index contributed by atoms with van der Waals surface area (Å²) in [6.45, 7) is 10.7. The number of aliphatic hydroxyl groups excluding tert-OH is 1. The number of ketones is 2. The van der Waals surface area contributed by atoms with E-state index in [1.54, 1.807) is 11.0 Å². The van der Waals surface area contributed by atoms with Gasteiger partial charge < -0.3 is 15.7 Å². The number of allylic oxidation sites excluding steroid dienone is 1. The third-order valence-corrected chi connectivity index (χ3v) is 10.0. The van der Waals surface area contributed by atoms with Gasteiger partial charge in [0, 0.05) is 19.4 Å². The molecule has 4 aliphatic rings. The average Bonchev–Trinajstić information content (AvgIpc) is 3.68. The zero-order chi connectivity index (χ0) is 25.5. The monoisotopic (exact) mass is 522 g/mol. The molecule has 0 aromatic rings. The van der Waals surface area contributed by atoms with Crippen molar-refractivity contribution in [2.75, 3.05) is 6.54 Å². The van der Waals surface area contributed by atoms with E-state index in [0.29, 0.717) is 31.2 Å². The van der Waals surface area contributed by atoms with Crippen LogP contribution in [0, 0.1) is 34.5 Å². The fourth-order valence-corrected chi connectivity index (χ4v) is 7.17. The van der Waals surface area contributed by atoms with Crippen LogP contribution in [0.2, 0.25) is 0 Å². The summed E-state index contributed by atoms with van der Waals surface area (Å²) in [6.07, 6.45) is 9.65. The second-order valence-corrected chi connectivity index (χ2v) is 12.9. The quantitative estimate of drug-likeness (QED) is 0.368. The van der Waals surface area contributed by atoms with Crippen molar-refractivity contribution >= 4 is 29.9 Å². The molecule has 1 saturated heterocycles. The van der Waals surface area contributed by atoms with Crippen LogP contribution < -0.4 is 5.73 Å². The van der Waals surface area contributed by atoms with Crippen molar-refractivity contribution in [1.29, 1.82) is 0 Å². The largest absolute Gasteiger partial charge is 0.385 e. The van der Waals surface area contributed by atoms with Gasteiger partial charge in [0.15, 0.2) is 11.6 Å². The summed E-state index contributed by atoms with van der Waals surface area (Å²) in [4.78, 5) is 41.9. The van der Waals surface area contributed by atoms with Crippen molar-refractivity contribution in [2.45, 2.75) is 110 Å². The Bertz CT molecular complexity index is 848. The second kappa shape index (κ2) is 11.2. The minimum Gasteiger partial charge on any atom is -0.385 e. The van der Waals surface area contributed by atoms with Gasteiger partial charge in [-0.1, -0.05) is 59.0 Å². The number of hydrogen-bond donors (Lipinski definition) is 2. The Morgan fingerprint density at radius 2 is 1.78 bits per heavy atom. The molecule has 1 aliphatic heterocycles. The molecule has 7 heteroatoms. The molecule has 3 N–H and O–H groups in total. The molecule has 6 atom stereocenters. The second-order valence-electron chi connectivity index (χ2n) is 12.9. The van der Waals surface area contributed by atoms with Crippen LogP contribution in [-0.2, 0) is 14.4 Å². The molecule has 0 radical (unpaired) electrons. The lowest BCUT2D eigenvalue weighted by Gasteiger charge is -2.41. The van der Waals surface area contributed by atoms with Crippen LogP contribution in [-0.4, -0.2) is 52.2 Å². The fourth-order valence-electron chi connectivity index (χ4n) is 7.17. The maximum Gasteiger partial charge on any atom is 0.240 e. The number of carbonyl (C=O) groups is 3. The third kappa shape index (κ3) is 5.76. The highest BCUT2D eigenvalue weighted by Gasteiger charge is 2.69. The number of rotatable bonds is 12. The first kappa shape index (κ1) is 29.3. The fraction of sp³-hybridized carbons (Fsp3) is 0.828. The van der Waals surface area contributed by atoms with E-state index in [1.807, 2.05) is 0 Å². The number of carbonyl (C=O) groups excluding carboxylic acids is 3. The smallest absolute Gasteiger partial charge is 0.240 e. The molecule has 0 bridgehead atoms. The minimum absolute atomic E-state index is 0. The molecule has 4 rings (SSSR count). The first-order chi connectivity index (χ1) is 16.5. The van der Waals surface area contributed by atoms with E-state index in [4.69, 9.17) is 5.73 Å². The molecule has 204 valence electrons. The summed E-state index contributed by atoms with van der Waals surface area (Å²) >= 11 is 0. The Balaban J connectivity index is 0.00000361. The zero-order valence-corrected chi connectivity index (χ0v) is 23.2. The molecule has 6 nitrogen and oxygen atoms in total. The van der Waals surface area contributed by atoms with Crippen molar-refractivity contribution in [3.63, 3.8) is 0 Å². The number of piperidine rings is 1. The van der Waals surface area contributed by atoms with Crippen molar-refractivity contribution in [3.8, 4) is 0 Å². The van der Waals surface area contributed by atoms with Crippen LogP contribution in [0.3, 0.4) is 0 Å². The first-order valence-electron chi connectivity index (χ1n) is 13.9. The molecular formula is C29H47ClN2O4. The predicted molar refractivity (Wildman–Crippen MR) is 144 cm³/mol. The maximum atomic E-state index is 13.8. The standard InChI is InChI=1S/C29H46N2O4.ClH/c1-5-6-10-21(32)25(34)19(15-18-11-12-18)16-22(33)24-23-20(28(23,2)3)17-31(24)27(35)26(30)29(4)13-8-7-9-14-29;/h5,18-20,23-26,34H,1,6-17,30H2,2-4H3;1H/t19-,20+,23+,24-,25?,26-;/m1./s1. The molecule has 1 unspecified atom stereocenters. The molecule has 3 aliphatic carbocycles.